The second-order valence-electron chi connectivity index (χ2n) is 5.80. The number of carbonyl (C=O) groups is 1. The van der Waals surface area contributed by atoms with Gasteiger partial charge in [-0.2, -0.15) is 10.2 Å². The summed E-state index contributed by atoms with van der Waals surface area (Å²) in [6, 6.07) is 6.49. The second kappa shape index (κ2) is 9.45. The topological polar surface area (TPSA) is 126 Å². The van der Waals surface area contributed by atoms with Crippen LogP contribution in [-0.2, 0) is 0 Å². The number of fused-ring (bicyclic) bond motifs is 1. The summed E-state index contributed by atoms with van der Waals surface area (Å²) in [6.45, 7) is 1.46. The van der Waals surface area contributed by atoms with E-state index >= 15 is 0 Å². The molecule has 1 aromatic heterocycles. The van der Waals surface area contributed by atoms with E-state index in [-0.39, 0.29) is 11.5 Å². The molecule has 154 valence electrons. The Labute approximate surface area is 168 Å². The molecule has 0 radical (unpaired) electrons. The lowest BCUT2D eigenvalue weighted by atomic mass is 10.1. The standard InChI is InChI=1S/C10H10N2O3.C10H13NO3/c1-14-9-3-6-7(4-10(9)15-2)12-11-5-8(6)13;1-6(12)7-4-9(13-2)10(14-3)5-8(7)11/h3-5H,1-2H3,(H,12,13);4-5H,11H2,1-3H3. The number of nitrogen functional groups attached to an aromatic ring is 1. The number of hydrogen-bond donors (Lipinski definition) is 2. The molecule has 1 heterocycles. The van der Waals surface area contributed by atoms with Crippen LogP contribution < -0.4 is 24.7 Å². The first-order valence-corrected chi connectivity index (χ1v) is 8.45. The lowest BCUT2D eigenvalue weighted by Crippen LogP contribution is -2.02. The highest BCUT2D eigenvalue weighted by atomic mass is 16.5. The van der Waals surface area contributed by atoms with Crippen molar-refractivity contribution in [2.45, 2.75) is 6.92 Å². The maximum Gasteiger partial charge on any atom is 0.162 e. The summed E-state index contributed by atoms with van der Waals surface area (Å²) in [5, 5.41) is 17.7. The molecule has 9 nitrogen and oxygen atoms in total. The zero-order chi connectivity index (χ0) is 21.6. The smallest absolute Gasteiger partial charge is 0.162 e. The maximum absolute atomic E-state index is 11.2. The summed E-state index contributed by atoms with van der Waals surface area (Å²) < 4.78 is 20.3. The Bertz CT molecular complexity index is 1020. The fourth-order valence-corrected chi connectivity index (χ4v) is 2.57. The number of Topliss-reactive ketones (excluding diaryl/α,β-unsaturated/α-hetero) is 1. The Morgan fingerprint density at radius 1 is 0.897 bits per heavy atom. The van der Waals surface area contributed by atoms with Gasteiger partial charge in [-0.05, 0) is 19.1 Å². The quantitative estimate of drug-likeness (QED) is 0.490. The van der Waals surface area contributed by atoms with E-state index in [4.69, 9.17) is 24.7 Å². The minimum atomic E-state index is -0.0940. The van der Waals surface area contributed by atoms with Crippen molar-refractivity contribution >= 4 is 22.4 Å². The first-order valence-electron chi connectivity index (χ1n) is 8.45. The highest BCUT2D eigenvalue weighted by molar-refractivity contribution is 6.00. The average molecular weight is 401 g/mol. The molecule has 29 heavy (non-hydrogen) atoms. The number of carbonyl (C=O) groups excluding carboxylic acids is 1. The fourth-order valence-electron chi connectivity index (χ4n) is 2.57. The Balaban J connectivity index is 0.000000208. The van der Waals surface area contributed by atoms with Crippen LogP contribution in [0.1, 0.15) is 17.3 Å². The van der Waals surface area contributed by atoms with Gasteiger partial charge >= 0.3 is 0 Å². The highest BCUT2D eigenvalue weighted by Gasteiger charge is 2.12. The van der Waals surface area contributed by atoms with Gasteiger partial charge < -0.3 is 29.8 Å². The molecule has 3 N–H and O–H groups in total. The minimum absolute atomic E-state index is 0.0703. The van der Waals surface area contributed by atoms with Gasteiger partial charge in [-0.3, -0.25) is 4.79 Å². The van der Waals surface area contributed by atoms with Gasteiger partial charge in [-0.25, -0.2) is 0 Å². The Morgan fingerprint density at radius 2 is 1.41 bits per heavy atom. The van der Waals surface area contributed by atoms with Crippen LogP contribution in [0.4, 0.5) is 5.69 Å². The zero-order valence-electron chi connectivity index (χ0n) is 16.8. The van der Waals surface area contributed by atoms with Crippen molar-refractivity contribution in [1.29, 1.82) is 0 Å². The van der Waals surface area contributed by atoms with Gasteiger partial charge in [-0.15, -0.1) is 0 Å². The van der Waals surface area contributed by atoms with Gasteiger partial charge in [0.1, 0.15) is 11.3 Å². The number of ether oxygens (including phenoxy) is 4. The fraction of sp³-hybridized carbons (Fsp3) is 0.250. The number of ketones is 1. The Kier molecular flexibility index (Phi) is 7.02. The SMILES string of the molecule is COc1cc(N)c(C(C)=O)cc1OC.COc1cc2nncc(O)c2cc1OC. The van der Waals surface area contributed by atoms with E-state index in [9.17, 15) is 9.90 Å². The molecule has 9 heteroatoms. The van der Waals surface area contributed by atoms with Crippen LogP contribution in [0.15, 0.2) is 30.5 Å². The molecule has 0 aliphatic heterocycles. The predicted octanol–water partition coefficient (Wildman–Crippen LogP) is 2.84. The molecule has 0 aliphatic carbocycles. The van der Waals surface area contributed by atoms with Crippen LogP contribution in [0.3, 0.4) is 0 Å². The van der Waals surface area contributed by atoms with E-state index in [0.29, 0.717) is 45.2 Å². The van der Waals surface area contributed by atoms with Crippen molar-refractivity contribution in [2.24, 2.45) is 0 Å². The number of anilines is 1. The van der Waals surface area contributed by atoms with Crippen molar-refractivity contribution in [3.63, 3.8) is 0 Å². The molecule has 3 aromatic rings. The summed E-state index contributed by atoms with van der Waals surface area (Å²) in [5.74, 6) is 2.12. The van der Waals surface area contributed by atoms with E-state index in [1.54, 1.807) is 31.4 Å². The summed E-state index contributed by atoms with van der Waals surface area (Å²) >= 11 is 0. The summed E-state index contributed by atoms with van der Waals surface area (Å²) in [5.41, 5.74) is 7.07. The van der Waals surface area contributed by atoms with Crippen LogP contribution in [0.25, 0.3) is 10.9 Å². The number of methoxy groups -OCH3 is 4. The van der Waals surface area contributed by atoms with Crippen LogP contribution in [0.2, 0.25) is 0 Å². The molecular formula is C20H23N3O6. The second-order valence-corrected chi connectivity index (χ2v) is 5.80. The maximum atomic E-state index is 11.2. The molecule has 0 saturated carbocycles. The molecule has 3 rings (SSSR count). The molecule has 0 fully saturated rings. The Hall–Kier alpha value is -3.75. The van der Waals surface area contributed by atoms with Crippen molar-refractivity contribution in [3.8, 4) is 28.7 Å². The van der Waals surface area contributed by atoms with Gasteiger partial charge in [0.15, 0.2) is 28.8 Å². The highest BCUT2D eigenvalue weighted by Crippen LogP contribution is 2.34. The molecule has 0 bridgehead atoms. The van der Waals surface area contributed by atoms with Crippen molar-refractivity contribution in [2.75, 3.05) is 34.2 Å². The van der Waals surface area contributed by atoms with Gasteiger partial charge in [0.25, 0.3) is 0 Å². The molecule has 0 spiro atoms. The third-order valence-electron chi connectivity index (χ3n) is 4.06. The van der Waals surface area contributed by atoms with Gasteiger partial charge in [0, 0.05) is 28.8 Å². The lowest BCUT2D eigenvalue weighted by molar-refractivity contribution is 0.101. The van der Waals surface area contributed by atoms with Gasteiger partial charge in [0.05, 0.1) is 34.6 Å². The monoisotopic (exact) mass is 401 g/mol. The molecule has 0 amide bonds. The average Bonchev–Trinajstić information content (AvgIpc) is 2.73. The molecule has 0 unspecified atom stereocenters. The number of aromatic hydroxyl groups is 1. The molecular weight excluding hydrogens is 378 g/mol. The molecule has 2 aromatic carbocycles. The third-order valence-corrected chi connectivity index (χ3v) is 4.06. The third kappa shape index (κ3) is 4.75. The normalized spacial score (nSPS) is 9.97. The molecule has 0 aliphatic rings. The van der Waals surface area contributed by atoms with Crippen LogP contribution >= 0.6 is 0 Å². The van der Waals surface area contributed by atoms with E-state index in [1.807, 2.05) is 0 Å². The number of nitrogens with two attached hydrogens (primary N) is 1. The van der Waals surface area contributed by atoms with Crippen molar-refractivity contribution < 1.29 is 28.8 Å². The van der Waals surface area contributed by atoms with E-state index in [1.165, 1.54) is 34.4 Å². The van der Waals surface area contributed by atoms with E-state index < -0.39 is 0 Å². The minimum Gasteiger partial charge on any atom is -0.506 e. The van der Waals surface area contributed by atoms with Crippen molar-refractivity contribution in [1.82, 2.24) is 10.2 Å². The number of rotatable bonds is 5. The molecule has 0 atom stereocenters. The summed E-state index contributed by atoms with van der Waals surface area (Å²) in [4.78, 5) is 11.2. The summed E-state index contributed by atoms with van der Waals surface area (Å²) in [7, 11) is 6.11. The number of nitrogens with zero attached hydrogens (tertiary/aromatic N) is 2. The van der Waals surface area contributed by atoms with Crippen molar-refractivity contribution in [3.05, 3.63) is 36.0 Å². The largest absolute Gasteiger partial charge is 0.506 e. The first-order chi connectivity index (χ1) is 13.9. The first kappa shape index (κ1) is 21.5. The number of benzene rings is 2. The van der Waals surface area contributed by atoms with Crippen LogP contribution in [-0.4, -0.2) is 49.5 Å². The van der Waals surface area contributed by atoms with E-state index in [0.717, 1.165) is 0 Å². The number of hydrogen-bond acceptors (Lipinski definition) is 9. The number of aromatic nitrogens is 2. The van der Waals surface area contributed by atoms with Gasteiger partial charge in [0.2, 0.25) is 0 Å². The zero-order valence-corrected chi connectivity index (χ0v) is 16.8. The van der Waals surface area contributed by atoms with Gasteiger partial charge in [-0.1, -0.05) is 0 Å². The lowest BCUT2D eigenvalue weighted by Gasteiger charge is -2.10. The predicted molar refractivity (Wildman–Crippen MR) is 108 cm³/mol. The summed E-state index contributed by atoms with van der Waals surface area (Å²) in [6.07, 6.45) is 1.29. The van der Waals surface area contributed by atoms with E-state index in [2.05, 4.69) is 10.2 Å². The Morgan fingerprint density at radius 3 is 1.97 bits per heavy atom. The molecule has 0 saturated heterocycles. The van der Waals surface area contributed by atoms with Crippen LogP contribution in [0, 0.1) is 0 Å². The van der Waals surface area contributed by atoms with Crippen LogP contribution in [0.5, 0.6) is 28.7 Å².